The molecule has 17 heavy (non-hydrogen) atoms. The Kier molecular flexibility index (Phi) is 4.21. The van der Waals surface area contributed by atoms with Gasteiger partial charge in [-0.15, -0.1) is 0 Å². The Morgan fingerprint density at radius 1 is 1.35 bits per heavy atom. The normalized spacial score (nSPS) is 9.47. The van der Waals surface area contributed by atoms with Crippen LogP contribution in [0.2, 0.25) is 0 Å². The smallest absolute Gasteiger partial charge is 0.251 e. The maximum absolute atomic E-state index is 11.6. The molecular formula is C11H14N4O2. The largest absolute Gasteiger partial charge is 0.370 e. The number of Topliss-reactive ketones (excluding diaryl/α,β-unsaturated/α-hetero) is 1. The predicted molar refractivity (Wildman–Crippen MR) is 64.9 cm³/mol. The number of ketones is 1. The molecule has 1 amide bonds. The highest BCUT2D eigenvalue weighted by molar-refractivity contribution is 5.97. The lowest BCUT2D eigenvalue weighted by Gasteiger charge is -2.03. The number of hydrogen-bond donors (Lipinski definition) is 3. The summed E-state index contributed by atoms with van der Waals surface area (Å²) in [5.74, 6) is -0.530. The van der Waals surface area contributed by atoms with Gasteiger partial charge in [-0.3, -0.25) is 9.59 Å². The van der Waals surface area contributed by atoms with E-state index in [1.54, 1.807) is 18.2 Å². The number of carbonyl (C=O) groups excluding carboxylic acids is 2. The zero-order valence-electron chi connectivity index (χ0n) is 9.43. The van der Waals surface area contributed by atoms with Gasteiger partial charge in [0.2, 0.25) is 0 Å². The van der Waals surface area contributed by atoms with E-state index in [0.29, 0.717) is 11.3 Å². The molecule has 0 aliphatic carbocycles. The number of amides is 1. The molecule has 0 fully saturated rings. The van der Waals surface area contributed by atoms with Crippen LogP contribution in [0.15, 0.2) is 29.3 Å². The van der Waals surface area contributed by atoms with Crippen molar-refractivity contribution in [1.29, 1.82) is 0 Å². The number of rotatable bonds is 4. The Labute approximate surface area is 98.7 Å². The summed E-state index contributed by atoms with van der Waals surface area (Å²) in [7, 11) is 0. The van der Waals surface area contributed by atoms with Crippen molar-refractivity contribution in [3.8, 4) is 0 Å². The molecule has 6 nitrogen and oxygen atoms in total. The third-order valence-electron chi connectivity index (χ3n) is 1.86. The fourth-order valence-electron chi connectivity index (χ4n) is 1.17. The van der Waals surface area contributed by atoms with E-state index in [1.807, 2.05) is 0 Å². The SMILES string of the molecule is CC(=O)CNC(=O)c1cccc(N=C(N)N)c1. The van der Waals surface area contributed by atoms with Crippen LogP contribution < -0.4 is 16.8 Å². The average Bonchev–Trinajstić information content (AvgIpc) is 2.25. The van der Waals surface area contributed by atoms with E-state index in [1.165, 1.54) is 13.0 Å². The van der Waals surface area contributed by atoms with Gasteiger partial charge < -0.3 is 16.8 Å². The maximum atomic E-state index is 11.6. The standard InChI is InChI=1S/C11H14N4O2/c1-7(16)6-14-10(17)8-3-2-4-9(5-8)15-11(12)13/h2-5H,6H2,1H3,(H,14,17)(H4,12,13,15). The van der Waals surface area contributed by atoms with Gasteiger partial charge in [-0.05, 0) is 25.1 Å². The number of nitrogens with one attached hydrogen (secondary N) is 1. The second kappa shape index (κ2) is 5.64. The minimum atomic E-state index is -0.340. The number of nitrogens with two attached hydrogens (primary N) is 2. The van der Waals surface area contributed by atoms with Gasteiger partial charge in [-0.2, -0.15) is 0 Å². The first-order valence-corrected chi connectivity index (χ1v) is 4.96. The Morgan fingerprint density at radius 3 is 2.65 bits per heavy atom. The van der Waals surface area contributed by atoms with Crippen LogP contribution >= 0.6 is 0 Å². The average molecular weight is 234 g/mol. The Bertz CT molecular complexity index is 464. The van der Waals surface area contributed by atoms with Crippen LogP contribution in [0.5, 0.6) is 0 Å². The summed E-state index contributed by atoms with van der Waals surface area (Å²) in [6.07, 6.45) is 0. The van der Waals surface area contributed by atoms with E-state index in [4.69, 9.17) is 11.5 Å². The Balaban J connectivity index is 2.81. The Morgan fingerprint density at radius 2 is 2.06 bits per heavy atom. The van der Waals surface area contributed by atoms with Gasteiger partial charge in [-0.25, -0.2) is 4.99 Å². The lowest BCUT2D eigenvalue weighted by molar-refractivity contribution is -0.116. The van der Waals surface area contributed by atoms with Crippen molar-refractivity contribution in [2.24, 2.45) is 16.5 Å². The first-order chi connectivity index (χ1) is 7.99. The summed E-state index contributed by atoms with van der Waals surface area (Å²) < 4.78 is 0. The summed E-state index contributed by atoms with van der Waals surface area (Å²) >= 11 is 0. The van der Waals surface area contributed by atoms with E-state index in [9.17, 15) is 9.59 Å². The molecular weight excluding hydrogens is 220 g/mol. The number of nitrogens with zero attached hydrogens (tertiary/aromatic N) is 1. The summed E-state index contributed by atoms with van der Waals surface area (Å²) in [4.78, 5) is 26.2. The molecule has 0 bridgehead atoms. The minimum Gasteiger partial charge on any atom is -0.370 e. The van der Waals surface area contributed by atoms with Crippen molar-refractivity contribution in [3.05, 3.63) is 29.8 Å². The molecule has 1 aromatic carbocycles. The molecule has 0 saturated heterocycles. The van der Waals surface area contributed by atoms with Crippen LogP contribution in [0.3, 0.4) is 0 Å². The first-order valence-electron chi connectivity index (χ1n) is 4.96. The number of carbonyl (C=O) groups is 2. The van der Waals surface area contributed by atoms with E-state index in [0.717, 1.165) is 0 Å². The lowest BCUT2D eigenvalue weighted by atomic mass is 10.2. The molecule has 1 rings (SSSR count). The van der Waals surface area contributed by atoms with Crippen LogP contribution in [-0.2, 0) is 4.79 Å². The minimum absolute atomic E-state index is 0.00531. The molecule has 0 aliphatic rings. The monoisotopic (exact) mass is 234 g/mol. The number of hydrogen-bond acceptors (Lipinski definition) is 3. The van der Waals surface area contributed by atoms with Gasteiger partial charge in [0.05, 0.1) is 12.2 Å². The zero-order chi connectivity index (χ0) is 12.8. The third-order valence-corrected chi connectivity index (χ3v) is 1.86. The molecule has 0 radical (unpaired) electrons. The topological polar surface area (TPSA) is 111 Å². The molecule has 5 N–H and O–H groups in total. The van der Waals surface area contributed by atoms with Crippen LogP contribution in [0.4, 0.5) is 5.69 Å². The summed E-state index contributed by atoms with van der Waals surface area (Å²) in [6.45, 7) is 1.40. The molecule has 0 spiro atoms. The highest BCUT2D eigenvalue weighted by Gasteiger charge is 2.06. The van der Waals surface area contributed by atoms with Gasteiger partial charge in [0, 0.05) is 5.56 Å². The Hall–Kier alpha value is -2.37. The lowest BCUT2D eigenvalue weighted by Crippen LogP contribution is -2.28. The quantitative estimate of drug-likeness (QED) is 0.499. The molecule has 0 atom stereocenters. The molecule has 0 aliphatic heterocycles. The summed E-state index contributed by atoms with van der Waals surface area (Å²) in [5.41, 5.74) is 11.3. The van der Waals surface area contributed by atoms with Gasteiger partial charge in [0.25, 0.3) is 5.91 Å². The van der Waals surface area contributed by atoms with Crippen LogP contribution in [-0.4, -0.2) is 24.2 Å². The van der Waals surface area contributed by atoms with Gasteiger partial charge in [0.15, 0.2) is 5.96 Å². The van der Waals surface area contributed by atoms with Crippen LogP contribution in [0.1, 0.15) is 17.3 Å². The van der Waals surface area contributed by atoms with Crippen molar-refractivity contribution in [2.75, 3.05) is 6.54 Å². The van der Waals surface area contributed by atoms with Crippen molar-refractivity contribution < 1.29 is 9.59 Å². The second-order valence-electron chi connectivity index (χ2n) is 3.47. The number of aliphatic imine (C=N–C) groups is 1. The van der Waals surface area contributed by atoms with Crippen molar-refractivity contribution >= 4 is 23.3 Å². The molecule has 0 unspecified atom stereocenters. The van der Waals surface area contributed by atoms with Crippen molar-refractivity contribution in [1.82, 2.24) is 5.32 Å². The fraction of sp³-hybridized carbons (Fsp3) is 0.182. The van der Waals surface area contributed by atoms with Crippen molar-refractivity contribution in [3.63, 3.8) is 0 Å². The van der Waals surface area contributed by atoms with Crippen LogP contribution in [0.25, 0.3) is 0 Å². The maximum Gasteiger partial charge on any atom is 0.251 e. The molecule has 1 aromatic rings. The van der Waals surface area contributed by atoms with Crippen LogP contribution in [0, 0.1) is 0 Å². The van der Waals surface area contributed by atoms with Gasteiger partial charge in [-0.1, -0.05) is 6.07 Å². The van der Waals surface area contributed by atoms with E-state index >= 15 is 0 Å². The van der Waals surface area contributed by atoms with E-state index < -0.39 is 0 Å². The fourth-order valence-corrected chi connectivity index (χ4v) is 1.17. The summed E-state index contributed by atoms with van der Waals surface area (Å²) in [5, 5.41) is 2.48. The first kappa shape index (κ1) is 12.7. The second-order valence-corrected chi connectivity index (χ2v) is 3.47. The molecule has 0 saturated carbocycles. The molecule has 0 heterocycles. The molecule has 90 valence electrons. The summed E-state index contributed by atoms with van der Waals surface area (Å²) in [6, 6.07) is 6.47. The van der Waals surface area contributed by atoms with Gasteiger partial charge in [0.1, 0.15) is 5.78 Å². The van der Waals surface area contributed by atoms with Gasteiger partial charge >= 0.3 is 0 Å². The number of guanidine groups is 1. The molecule has 6 heteroatoms. The van der Waals surface area contributed by atoms with Crippen molar-refractivity contribution in [2.45, 2.75) is 6.92 Å². The highest BCUT2D eigenvalue weighted by Crippen LogP contribution is 2.13. The van der Waals surface area contributed by atoms with E-state index in [2.05, 4.69) is 10.3 Å². The highest BCUT2D eigenvalue weighted by atomic mass is 16.2. The predicted octanol–water partition coefficient (Wildman–Crippen LogP) is -0.0897. The molecule has 0 aromatic heterocycles. The van der Waals surface area contributed by atoms with E-state index in [-0.39, 0.29) is 24.2 Å². The number of benzene rings is 1. The zero-order valence-corrected chi connectivity index (χ0v) is 9.43. The third kappa shape index (κ3) is 4.33.